The quantitative estimate of drug-likeness (QED) is 0.0745. The highest BCUT2D eigenvalue weighted by atomic mass is 35.5. The lowest BCUT2D eigenvalue weighted by Gasteiger charge is -2.19. The lowest BCUT2D eigenvalue weighted by atomic mass is 9.93. The van der Waals surface area contributed by atoms with Crippen molar-refractivity contribution in [1.29, 1.82) is 0 Å². The van der Waals surface area contributed by atoms with Crippen molar-refractivity contribution in [2.45, 2.75) is 62.4 Å². The summed E-state index contributed by atoms with van der Waals surface area (Å²) in [6, 6.07) is 6.47. The van der Waals surface area contributed by atoms with Crippen molar-refractivity contribution in [3.8, 4) is 18.1 Å². The average Bonchev–Trinajstić information content (AvgIpc) is 3.81. The molecule has 3 aromatic rings. The number of sulfone groups is 1. The molecule has 6 rings (SSSR count). The van der Waals surface area contributed by atoms with Gasteiger partial charge in [0, 0.05) is 40.0 Å². The van der Waals surface area contributed by atoms with Crippen molar-refractivity contribution in [2.24, 2.45) is 0 Å². The van der Waals surface area contributed by atoms with Gasteiger partial charge >= 0.3 is 5.97 Å². The maximum Gasteiger partial charge on any atom is 0.317 e. The highest BCUT2D eigenvalue weighted by Gasteiger charge is 2.41. The molecular formula is C38H43Cl2FN3O12PS2. The van der Waals surface area contributed by atoms with Crippen LogP contribution in [0.25, 0.3) is 0 Å². The first-order valence-corrected chi connectivity index (χ1v) is 24.5. The van der Waals surface area contributed by atoms with E-state index < -0.39 is 65.8 Å². The molecule has 3 N–H and O–H groups in total. The third-order valence-corrected chi connectivity index (χ3v) is 10.4. The van der Waals surface area contributed by atoms with E-state index in [2.05, 4.69) is 29.8 Å². The van der Waals surface area contributed by atoms with E-state index in [4.69, 9.17) is 48.9 Å². The fourth-order valence-corrected chi connectivity index (χ4v) is 7.19. The van der Waals surface area contributed by atoms with Crippen LogP contribution in [0, 0.1) is 18.2 Å². The Bertz CT molecular complexity index is 2270. The molecule has 2 aliphatic carbocycles. The van der Waals surface area contributed by atoms with Crippen LogP contribution in [0.4, 0.5) is 10.1 Å². The Morgan fingerprint density at radius 1 is 1.14 bits per heavy atom. The molecule has 59 heavy (non-hydrogen) atoms. The number of terminal acetylenes is 1. The van der Waals surface area contributed by atoms with Crippen molar-refractivity contribution in [2.75, 3.05) is 42.8 Å². The Hall–Kier alpha value is -4.05. The number of imide groups is 1. The number of ether oxygens (including phenoxy) is 1. The molecule has 1 saturated carbocycles. The first-order chi connectivity index (χ1) is 27.5. The second-order valence-corrected chi connectivity index (χ2v) is 20.6. The van der Waals surface area contributed by atoms with E-state index in [1.165, 1.54) is 30.5 Å². The van der Waals surface area contributed by atoms with Gasteiger partial charge in [0.15, 0.2) is 27.5 Å². The predicted molar refractivity (Wildman–Crippen MR) is 220 cm³/mol. The van der Waals surface area contributed by atoms with E-state index in [0.717, 1.165) is 42.9 Å². The molecule has 320 valence electrons. The van der Waals surface area contributed by atoms with Crippen LogP contribution < -0.4 is 19.8 Å². The van der Waals surface area contributed by atoms with E-state index in [0.29, 0.717) is 46.2 Å². The summed E-state index contributed by atoms with van der Waals surface area (Å²) in [6.45, 7) is 1.15. The zero-order chi connectivity index (χ0) is 44.4. The molecule has 21 heteroatoms. The van der Waals surface area contributed by atoms with Gasteiger partial charge in [-0.25, -0.2) is 17.7 Å². The van der Waals surface area contributed by atoms with Gasteiger partial charge in [-0.1, -0.05) is 34.3 Å². The van der Waals surface area contributed by atoms with Crippen molar-refractivity contribution in [1.82, 2.24) is 10.5 Å². The number of aliphatic carboxylic acids is 1. The first kappa shape index (κ1) is 49.3. The first-order valence-electron chi connectivity index (χ1n) is 17.6. The number of halogens is 3. The molecule has 1 aliphatic heterocycles. The van der Waals surface area contributed by atoms with Gasteiger partial charge in [0.05, 0.1) is 59.0 Å². The zero-order valence-electron chi connectivity index (χ0n) is 32.6. The minimum atomic E-state index is -4.35. The van der Waals surface area contributed by atoms with Gasteiger partial charge in [-0.2, -0.15) is 0 Å². The van der Waals surface area contributed by atoms with Crippen LogP contribution in [0.2, 0.25) is 10.0 Å². The molecule has 3 aliphatic rings. The number of nitrogens with one attached hydrogen (secondary N) is 1. The van der Waals surface area contributed by atoms with Crippen LogP contribution in [-0.4, -0.2) is 91.1 Å². The SMILES string of the molecule is C#CC(C)Oc1cc(N2C(=O)C3=C(CCCC3)C2=O)c(F)cc1Cl.CS(=O)(=O)c1cc(Cl)ccc1C(=O)c1cnoc1C1CC1.C[S+](C)C.O=C(O)CNCP(=O)([O-])O. The maximum absolute atomic E-state index is 14.4. The topological polar surface area (TPSA) is 234 Å². The number of rotatable bonds is 11. The van der Waals surface area contributed by atoms with Gasteiger partial charge in [-0.05, 0) is 80.6 Å². The smallest absolute Gasteiger partial charge is 0.317 e. The van der Waals surface area contributed by atoms with Crippen molar-refractivity contribution < 1.29 is 60.7 Å². The molecule has 0 saturated heterocycles. The van der Waals surface area contributed by atoms with Gasteiger partial charge < -0.3 is 28.7 Å². The molecule has 0 radical (unpaired) electrons. The van der Waals surface area contributed by atoms with Crippen LogP contribution in [0.1, 0.15) is 73.0 Å². The van der Waals surface area contributed by atoms with E-state index in [1.54, 1.807) is 6.92 Å². The largest absolute Gasteiger partial charge is 0.778 e. The lowest BCUT2D eigenvalue weighted by Crippen LogP contribution is -2.32. The summed E-state index contributed by atoms with van der Waals surface area (Å²) in [6.07, 6.45) is 17.6. The van der Waals surface area contributed by atoms with Gasteiger partial charge in [-0.3, -0.25) is 24.5 Å². The number of aromatic nitrogens is 1. The second kappa shape index (κ2) is 21.5. The van der Waals surface area contributed by atoms with Crippen molar-refractivity contribution in [3.63, 3.8) is 0 Å². The highest BCUT2D eigenvalue weighted by Crippen LogP contribution is 2.43. The van der Waals surface area contributed by atoms with Crippen LogP contribution in [-0.2, 0) is 39.7 Å². The minimum absolute atomic E-state index is 0.0233. The Balaban J connectivity index is 0.000000242. The lowest BCUT2D eigenvalue weighted by molar-refractivity contribution is -0.193. The number of benzene rings is 2. The van der Waals surface area contributed by atoms with Crippen LogP contribution >= 0.6 is 30.8 Å². The average molecular weight is 919 g/mol. The van der Waals surface area contributed by atoms with Crippen molar-refractivity contribution in [3.05, 3.63) is 80.4 Å². The van der Waals surface area contributed by atoms with E-state index >= 15 is 0 Å². The predicted octanol–water partition coefficient (Wildman–Crippen LogP) is 5.12. The summed E-state index contributed by atoms with van der Waals surface area (Å²) in [5, 5.41) is 13.9. The standard InChI is InChI=1S/C18H15ClFNO3.C14H12ClNO4S.C3H8NO5P.C3H9S/c1-3-10(2)24-16-9-15(14(20)8-13(16)19)21-17(22)11-6-4-5-7-12(11)18(21)23;1-21(18,19)12-6-9(15)4-5-10(12)13(17)11-7-16-20-14(11)8-2-3-8;5-3(6)1-4-2-10(7,8)9;1-4(2)3/h1,8-10H,4-7H2,2H3;4-8H,2-3H2,1H3;4H,1-2H2,(H,5,6)(H2,7,8,9);1-3H3/q;;;+1/p-1. The molecule has 2 unspecified atom stereocenters. The summed E-state index contributed by atoms with van der Waals surface area (Å²) in [7, 11) is -7.27. The Morgan fingerprint density at radius 3 is 2.20 bits per heavy atom. The number of ketones is 1. The fraction of sp³-hybridized carbons (Fsp3) is 0.395. The molecule has 1 aromatic heterocycles. The molecule has 2 aromatic carbocycles. The Labute approximate surface area is 354 Å². The molecule has 2 heterocycles. The Morgan fingerprint density at radius 2 is 1.71 bits per heavy atom. The number of nitrogens with zero attached hydrogens (tertiary/aromatic N) is 2. The van der Waals surface area contributed by atoms with Gasteiger partial charge in [0.1, 0.15) is 19.2 Å². The van der Waals surface area contributed by atoms with E-state index in [9.17, 15) is 41.4 Å². The summed E-state index contributed by atoms with van der Waals surface area (Å²) in [5.41, 5.74) is 1.22. The minimum Gasteiger partial charge on any atom is -0.778 e. The van der Waals surface area contributed by atoms with Crippen LogP contribution in [0.3, 0.4) is 0 Å². The fourth-order valence-electron chi connectivity index (χ4n) is 5.46. The van der Waals surface area contributed by atoms with Crippen molar-refractivity contribution >= 4 is 80.8 Å². The van der Waals surface area contributed by atoms with Crippen LogP contribution in [0.15, 0.2) is 57.1 Å². The summed E-state index contributed by atoms with van der Waals surface area (Å²) >= 11 is 11.8. The number of carbonyl (C=O) groups excluding carboxylic acids is 3. The number of carboxylic acids is 1. The number of anilines is 1. The number of amides is 2. The molecule has 0 bridgehead atoms. The summed E-state index contributed by atoms with van der Waals surface area (Å²) in [4.78, 5) is 66.3. The highest BCUT2D eigenvalue weighted by molar-refractivity contribution is 7.94. The molecule has 15 nitrogen and oxygen atoms in total. The second-order valence-electron chi connectivity index (χ2n) is 13.7. The Kier molecular flexibility index (Phi) is 17.9. The molecule has 2 amide bonds. The molecule has 2 atom stereocenters. The molecular weight excluding hydrogens is 875 g/mol. The summed E-state index contributed by atoms with van der Waals surface area (Å²) in [5.74, 6) is -0.0274. The third-order valence-electron chi connectivity index (χ3n) is 8.14. The number of hydrogen-bond acceptors (Lipinski definition) is 12. The third kappa shape index (κ3) is 14.6. The zero-order valence-corrected chi connectivity index (χ0v) is 36.7. The van der Waals surface area contributed by atoms with Gasteiger partial charge in [-0.15, -0.1) is 6.42 Å². The van der Waals surface area contributed by atoms with E-state index in [-0.39, 0.29) is 37.9 Å². The van der Waals surface area contributed by atoms with E-state index in [1.807, 2.05) is 5.32 Å². The van der Waals surface area contributed by atoms with Crippen LogP contribution in [0.5, 0.6) is 5.75 Å². The number of hydrogen-bond donors (Lipinski definition) is 3. The van der Waals surface area contributed by atoms with Gasteiger partial charge in [0.2, 0.25) is 0 Å². The maximum atomic E-state index is 14.4. The molecule has 1 fully saturated rings. The summed E-state index contributed by atoms with van der Waals surface area (Å²) < 4.78 is 58.6. The molecule has 0 spiro atoms. The monoisotopic (exact) mass is 917 g/mol. The number of carboxylic acid groups (broad SMARTS) is 1. The normalized spacial score (nSPS) is 16.3. The van der Waals surface area contributed by atoms with Gasteiger partial charge in [0.25, 0.3) is 11.8 Å². The number of carbonyl (C=O) groups is 4.